The average molecular weight is 577 g/mol. The number of hydrogen-bond acceptors (Lipinski definition) is 6. The largest absolute Gasteiger partial charge is 0.390 e. The van der Waals surface area contributed by atoms with Crippen molar-refractivity contribution in [1.82, 2.24) is 14.6 Å². The van der Waals surface area contributed by atoms with Gasteiger partial charge in [-0.1, -0.05) is 53.6 Å². The maximum Gasteiger partial charge on any atom is 0.253 e. The summed E-state index contributed by atoms with van der Waals surface area (Å²) in [5, 5.41) is 14.0. The van der Waals surface area contributed by atoms with E-state index in [0.717, 1.165) is 45.4 Å². The minimum atomic E-state index is -3.76. The maximum absolute atomic E-state index is 12.6. The van der Waals surface area contributed by atoms with Gasteiger partial charge in [-0.3, -0.25) is 9.59 Å². The van der Waals surface area contributed by atoms with E-state index in [9.17, 15) is 23.1 Å². The quantitative estimate of drug-likeness (QED) is 0.431. The van der Waals surface area contributed by atoms with Crippen molar-refractivity contribution in [3.05, 3.63) is 94.4 Å². The molecule has 1 aliphatic carbocycles. The zero-order valence-electron chi connectivity index (χ0n) is 23.8. The van der Waals surface area contributed by atoms with Gasteiger partial charge in [0.2, 0.25) is 15.9 Å². The molecule has 2 heterocycles. The van der Waals surface area contributed by atoms with Crippen molar-refractivity contribution in [2.75, 3.05) is 6.54 Å². The number of amides is 2. The monoisotopic (exact) mass is 576 g/mol. The third-order valence-corrected chi connectivity index (χ3v) is 8.95. The van der Waals surface area contributed by atoms with Crippen LogP contribution in [0.4, 0.5) is 0 Å². The number of amidine groups is 1. The number of allylic oxidation sites excluding steroid dienone is 6. The summed E-state index contributed by atoms with van der Waals surface area (Å²) in [4.78, 5) is 29.8. The Hall–Kier alpha value is -4.02. The molecule has 2 amide bonds. The highest BCUT2D eigenvalue weighted by Gasteiger charge is 2.24. The number of rotatable bonds is 8. The molecular formula is C31H36N4O5S. The van der Waals surface area contributed by atoms with Gasteiger partial charge in [0, 0.05) is 18.2 Å². The van der Waals surface area contributed by atoms with Gasteiger partial charge < -0.3 is 15.7 Å². The molecule has 10 heteroatoms. The zero-order valence-corrected chi connectivity index (χ0v) is 24.6. The molecule has 0 unspecified atom stereocenters. The number of nitrogens with zero attached hydrogens (tertiary/aromatic N) is 2. The third-order valence-electron chi connectivity index (χ3n) is 6.87. The molecule has 0 saturated carbocycles. The van der Waals surface area contributed by atoms with E-state index < -0.39 is 33.7 Å². The first kappa shape index (κ1) is 30.0. The highest BCUT2D eigenvalue weighted by molar-refractivity contribution is 7.90. The summed E-state index contributed by atoms with van der Waals surface area (Å²) in [7, 11) is -3.76. The van der Waals surface area contributed by atoms with E-state index in [1.165, 1.54) is 31.1 Å². The Morgan fingerprint density at radius 1 is 1.10 bits per heavy atom. The third kappa shape index (κ3) is 7.20. The van der Waals surface area contributed by atoms with Crippen LogP contribution >= 0.6 is 0 Å². The van der Waals surface area contributed by atoms with E-state index in [1.807, 2.05) is 18.2 Å². The minimum absolute atomic E-state index is 0.0308. The lowest BCUT2D eigenvalue weighted by molar-refractivity contribution is -0.118. The fourth-order valence-electron chi connectivity index (χ4n) is 4.59. The Morgan fingerprint density at radius 3 is 2.59 bits per heavy atom. The Kier molecular flexibility index (Phi) is 9.25. The van der Waals surface area contributed by atoms with Crippen molar-refractivity contribution in [2.45, 2.75) is 58.8 Å². The predicted molar refractivity (Wildman–Crippen MR) is 161 cm³/mol. The van der Waals surface area contributed by atoms with Gasteiger partial charge in [-0.2, -0.15) is 0 Å². The lowest BCUT2D eigenvalue weighted by atomic mass is 9.95. The first-order chi connectivity index (χ1) is 19.5. The van der Waals surface area contributed by atoms with Crippen molar-refractivity contribution in [3.8, 4) is 0 Å². The van der Waals surface area contributed by atoms with E-state index in [1.54, 1.807) is 0 Å². The highest BCUT2D eigenvalue weighted by atomic mass is 32.2. The molecule has 2 aliphatic rings. The van der Waals surface area contributed by atoms with Crippen LogP contribution in [0.5, 0.6) is 0 Å². The van der Waals surface area contributed by atoms with E-state index >= 15 is 0 Å². The van der Waals surface area contributed by atoms with Gasteiger partial charge in [0.05, 0.1) is 35.4 Å². The van der Waals surface area contributed by atoms with Crippen LogP contribution in [0, 0.1) is 0 Å². The van der Waals surface area contributed by atoms with E-state index in [-0.39, 0.29) is 17.8 Å². The number of carbonyl (C=O) groups excluding carboxylic acids is 2. The number of hydrogen-bond donors (Lipinski definition) is 3. The van der Waals surface area contributed by atoms with Crippen molar-refractivity contribution in [1.29, 1.82) is 0 Å². The van der Waals surface area contributed by atoms with Gasteiger partial charge in [-0.15, -0.1) is 0 Å². The second kappa shape index (κ2) is 12.7. The summed E-state index contributed by atoms with van der Waals surface area (Å²) < 4.78 is 25.9. The van der Waals surface area contributed by atoms with E-state index in [2.05, 4.69) is 59.8 Å². The number of aliphatic imine (C=N–C) groups is 1. The van der Waals surface area contributed by atoms with Gasteiger partial charge in [-0.25, -0.2) is 17.4 Å². The molecule has 3 N–H and O–H groups in total. The molecule has 0 bridgehead atoms. The summed E-state index contributed by atoms with van der Waals surface area (Å²) in [6.45, 7) is 6.40. The molecular weight excluding hydrogens is 540 g/mol. The van der Waals surface area contributed by atoms with Crippen LogP contribution in [0.3, 0.4) is 0 Å². The maximum atomic E-state index is 12.6. The van der Waals surface area contributed by atoms with Crippen LogP contribution in [-0.2, 0) is 21.4 Å². The molecule has 4 rings (SSSR count). The number of aromatic nitrogens is 1. The van der Waals surface area contributed by atoms with Crippen LogP contribution in [-0.4, -0.2) is 46.9 Å². The predicted octanol–water partition coefficient (Wildman–Crippen LogP) is 4.33. The average Bonchev–Trinajstić information content (AvgIpc) is 3.58. The Balaban J connectivity index is 1.39. The highest BCUT2D eigenvalue weighted by Crippen LogP contribution is 2.28. The van der Waals surface area contributed by atoms with Gasteiger partial charge >= 0.3 is 0 Å². The zero-order chi connectivity index (χ0) is 29.7. The fourth-order valence-corrected chi connectivity index (χ4v) is 5.74. The standard InChI is InChI=1S/C31H36N4O5S/c1-20(2)41(39,40)35-18-26(16-27(35)19-36)31(38)32-17-30(37)34-29-12-11-28(33-29)24-10-6-9-23(15-24)25-13-21(3)7-5-8-22(4)14-25/h6-7,9-11,13-16,18,20,36H,5,8,12,17,19H2,1-4H3,(H,32,38)(H,33,34,37)/b21-7-,22-14-,25-13+. The second-order valence-corrected chi connectivity index (χ2v) is 12.9. The molecule has 216 valence electrons. The van der Waals surface area contributed by atoms with Crippen LogP contribution in [0.15, 0.2) is 77.0 Å². The molecule has 0 atom stereocenters. The lowest BCUT2D eigenvalue weighted by Gasteiger charge is -2.11. The first-order valence-corrected chi connectivity index (χ1v) is 15.1. The summed E-state index contributed by atoms with van der Waals surface area (Å²) >= 11 is 0. The molecule has 0 fully saturated rings. The summed E-state index contributed by atoms with van der Waals surface area (Å²) in [6, 6.07) is 9.45. The Bertz CT molecular complexity index is 1620. The van der Waals surface area contributed by atoms with Gasteiger partial charge in [0.25, 0.3) is 5.91 Å². The molecule has 9 nitrogen and oxygen atoms in total. The van der Waals surface area contributed by atoms with E-state index in [4.69, 9.17) is 0 Å². The van der Waals surface area contributed by atoms with E-state index in [0.29, 0.717) is 12.3 Å². The van der Waals surface area contributed by atoms with Crippen LogP contribution < -0.4 is 10.6 Å². The van der Waals surface area contributed by atoms with Gasteiger partial charge in [-0.05, 0) is 63.8 Å². The van der Waals surface area contributed by atoms with Crippen LogP contribution in [0.25, 0.3) is 11.3 Å². The SMILES string of the molecule is CC1=C/CC\C(C)=C/C(c2cccc(C3=CCC(NC(=O)CNC(=O)c4cc(CO)n(S(=O)(=O)C(C)C)c4)=N3)c2)=C\1. The van der Waals surface area contributed by atoms with Crippen molar-refractivity contribution < 1.29 is 23.1 Å². The molecule has 1 aliphatic heterocycles. The molecule has 41 heavy (non-hydrogen) atoms. The number of aliphatic hydroxyl groups is 1. The smallest absolute Gasteiger partial charge is 0.253 e. The number of aliphatic hydroxyl groups excluding tert-OH is 1. The molecule has 2 aromatic rings. The van der Waals surface area contributed by atoms with Crippen molar-refractivity contribution in [2.24, 2.45) is 4.99 Å². The van der Waals surface area contributed by atoms with Gasteiger partial charge in [0.15, 0.2) is 0 Å². The van der Waals surface area contributed by atoms with Crippen molar-refractivity contribution >= 4 is 38.9 Å². The number of nitrogens with one attached hydrogen (secondary N) is 2. The first-order valence-electron chi connectivity index (χ1n) is 13.6. The topological polar surface area (TPSA) is 130 Å². The summed E-state index contributed by atoms with van der Waals surface area (Å²) in [5.74, 6) is -0.616. The summed E-state index contributed by atoms with van der Waals surface area (Å²) in [5.41, 5.74) is 6.60. The number of carbonyl (C=O) groups is 2. The normalized spacial score (nSPS) is 19.5. The molecule has 0 saturated heterocycles. The fraction of sp³-hybridized carbons (Fsp3) is 0.323. The Labute approximate surface area is 241 Å². The van der Waals surface area contributed by atoms with Crippen LogP contribution in [0.2, 0.25) is 0 Å². The second-order valence-electron chi connectivity index (χ2n) is 10.5. The minimum Gasteiger partial charge on any atom is -0.390 e. The summed E-state index contributed by atoms with van der Waals surface area (Å²) in [6.07, 6.45) is 12.3. The van der Waals surface area contributed by atoms with Crippen molar-refractivity contribution in [3.63, 3.8) is 0 Å². The molecule has 1 aromatic carbocycles. The number of benzene rings is 1. The molecule has 0 radical (unpaired) electrons. The van der Waals surface area contributed by atoms with Gasteiger partial charge in [0.1, 0.15) is 5.84 Å². The molecule has 1 aromatic heterocycles. The lowest BCUT2D eigenvalue weighted by Crippen LogP contribution is -2.39. The van der Waals surface area contributed by atoms with Crippen LogP contribution in [0.1, 0.15) is 74.1 Å². The molecule has 0 spiro atoms. The Morgan fingerprint density at radius 2 is 1.85 bits per heavy atom.